The van der Waals surface area contributed by atoms with Gasteiger partial charge in [0.15, 0.2) is 11.5 Å². The summed E-state index contributed by atoms with van der Waals surface area (Å²) in [6.07, 6.45) is 3.08. The zero-order valence-corrected chi connectivity index (χ0v) is 14.2. The highest BCUT2D eigenvalue weighted by Crippen LogP contribution is 2.38. The molecule has 3 heterocycles. The van der Waals surface area contributed by atoms with Gasteiger partial charge in [0.1, 0.15) is 11.5 Å². The van der Waals surface area contributed by atoms with E-state index < -0.39 is 0 Å². The number of hydrogen-bond donors (Lipinski definition) is 0. The normalized spacial score (nSPS) is 18.0. The van der Waals surface area contributed by atoms with Crippen LogP contribution in [0.25, 0.3) is 11.3 Å². The standard InChI is InChI=1S/C17H20N2O3S/c1-11(9-23-2)19-6-5-14-13(8-19)17(18-22-14)12-3-4-15-16(7-12)21-10-20-15/h3-4,7,11H,5-6,8-10H2,1-2H3. The zero-order valence-electron chi connectivity index (χ0n) is 13.4. The van der Waals surface area contributed by atoms with Crippen LogP contribution in [0.1, 0.15) is 18.2 Å². The number of nitrogens with zero attached hydrogens (tertiary/aromatic N) is 2. The highest BCUT2D eigenvalue weighted by molar-refractivity contribution is 7.98. The van der Waals surface area contributed by atoms with E-state index in [-0.39, 0.29) is 6.79 Å². The van der Waals surface area contributed by atoms with Crippen LogP contribution >= 0.6 is 11.8 Å². The summed E-state index contributed by atoms with van der Waals surface area (Å²) in [6, 6.07) is 6.51. The second kappa shape index (κ2) is 6.09. The lowest BCUT2D eigenvalue weighted by Gasteiger charge is -2.31. The third-order valence-electron chi connectivity index (χ3n) is 4.53. The smallest absolute Gasteiger partial charge is 0.231 e. The third-order valence-corrected chi connectivity index (χ3v) is 5.35. The number of fused-ring (bicyclic) bond motifs is 2. The first-order valence-electron chi connectivity index (χ1n) is 7.86. The molecule has 0 saturated carbocycles. The average molecular weight is 332 g/mol. The van der Waals surface area contributed by atoms with Gasteiger partial charge in [0.2, 0.25) is 6.79 Å². The van der Waals surface area contributed by atoms with E-state index in [2.05, 4.69) is 23.2 Å². The van der Waals surface area contributed by atoms with Crippen molar-refractivity contribution in [3.05, 3.63) is 29.5 Å². The van der Waals surface area contributed by atoms with Crippen molar-refractivity contribution in [1.82, 2.24) is 10.1 Å². The van der Waals surface area contributed by atoms with Gasteiger partial charge in [0, 0.05) is 42.4 Å². The Bertz CT molecular complexity index is 716. The van der Waals surface area contributed by atoms with E-state index >= 15 is 0 Å². The van der Waals surface area contributed by atoms with E-state index in [1.54, 1.807) is 0 Å². The predicted octanol–water partition coefficient (Wildman–Crippen LogP) is 3.18. The van der Waals surface area contributed by atoms with Crippen LogP contribution in [0, 0.1) is 0 Å². The van der Waals surface area contributed by atoms with Gasteiger partial charge in [-0.25, -0.2) is 0 Å². The maximum atomic E-state index is 5.59. The molecule has 5 nitrogen and oxygen atoms in total. The van der Waals surface area contributed by atoms with Gasteiger partial charge in [-0.2, -0.15) is 11.8 Å². The summed E-state index contributed by atoms with van der Waals surface area (Å²) in [4.78, 5) is 2.51. The predicted molar refractivity (Wildman–Crippen MR) is 90.0 cm³/mol. The summed E-state index contributed by atoms with van der Waals surface area (Å²) in [5, 5.41) is 4.33. The van der Waals surface area contributed by atoms with Gasteiger partial charge in [-0.3, -0.25) is 4.90 Å². The van der Waals surface area contributed by atoms with Crippen LogP contribution in [0.5, 0.6) is 11.5 Å². The van der Waals surface area contributed by atoms with Gasteiger partial charge >= 0.3 is 0 Å². The van der Waals surface area contributed by atoms with E-state index in [0.717, 1.165) is 53.8 Å². The van der Waals surface area contributed by atoms with Crippen molar-refractivity contribution in [3.63, 3.8) is 0 Å². The number of benzene rings is 1. The molecule has 122 valence electrons. The molecule has 0 aliphatic carbocycles. The molecule has 0 amide bonds. The Kier molecular flexibility index (Phi) is 3.95. The van der Waals surface area contributed by atoms with Crippen LogP contribution < -0.4 is 9.47 Å². The molecule has 23 heavy (non-hydrogen) atoms. The number of thioether (sulfide) groups is 1. The minimum atomic E-state index is 0.287. The highest BCUT2D eigenvalue weighted by atomic mass is 32.2. The van der Waals surface area contributed by atoms with E-state index in [1.807, 2.05) is 30.0 Å². The van der Waals surface area contributed by atoms with Gasteiger partial charge in [-0.05, 0) is 31.4 Å². The van der Waals surface area contributed by atoms with Gasteiger partial charge in [0.25, 0.3) is 0 Å². The van der Waals surface area contributed by atoms with Crippen LogP contribution in [0.15, 0.2) is 22.7 Å². The summed E-state index contributed by atoms with van der Waals surface area (Å²) in [6.45, 7) is 4.50. The maximum Gasteiger partial charge on any atom is 0.231 e. The molecule has 0 bridgehead atoms. The van der Waals surface area contributed by atoms with Gasteiger partial charge in [0.05, 0.1) is 0 Å². The summed E-state index contributed by atoms with van der Waals surface area (Å²) in [5.41, 5.74) is 3.17. The van der Waals surface area contributed by atoms with Crippen LogP contribution in [0.4, 0.5) is 0 Å². The molecule has 2 aliphatic rings. The summed E-state index contributed by atoms with van der Waals surface area (Å²) >= 11 is 1.89. The fraction of sp³-hybridized carbons (Fsp3) is 0.471. The number of aromatic nitrogens is 1. The molecule has 0 N–H and O–H groups in total. The molecule has 2 aliphatic heterocycles. The molecule has 6 heteroatoms. The number of rotatable bonds is 4. The molecule has 0 radical (unpaired) electrons. The van der Waals surface area contributed by atoms with Gasteiger partial charge in [-0.1, -0.05) is 5.16 Å². The van der Waals surface area contributed by atoms with Crippen LogP contribution in [0.2, 0.25) is 0 Å². The Labute approximate surface area is 139 Å². The van der Waals surface area contributed by atoms with Crippen molar-refractivity contribution in [2.24, 2.45) is 0 Å². The molecule has 1 aromatic heterocycles. The first-order valence-corrected chi connectivity index (χ1v) is 9.26. The molecule has 0 spiro atoms. The Hall–Kier alpha value is -1.66. The number of hydrogen-bond acceptors (Lipinski definition) is 6. The molecule has 2 aromatic rings. The van der Waals surface area contributed by atoms with E-state index in [4.69, 9.17) is 14.0 Å². The third kappa shape index (κ3) is 2.70. The zero-order chi connectivity index (χ0) is 15.8. The lowest BCUT2D eigenvalue weighted by molar-refractivity contribution is 0.174. The fourth-order valence-electron chi connectivity index (χ4n) is 3.22. The SMILES string of the molecule is CSCC(C)N1CCc2onc(-c3ccc4c(c3)OCO4)c2C1. The maximum absolute atomic E-state index is 5.59. The Morgan fingerprint density at radius 1 is 1.30 bits per heavy atom. The van der Waals surface area contributed by atoms with E-state index in [1.165, 1.54) is 5.56 Å². The van der Waals surface area contributed by atoms with Crippen LogP contribution in [-0.2, 0) is 13.0 Å². The highest BCUT2D eigenvalue weighted by Gasteiger charge is 2.28. The second-order valence-electron chi connectivity index (χ2n) is 6.03. The van der Waals surface area contributed by atoms with Crippen molar-refractivity contribution >= 4 is 11.8 Å². The molecule has 1 aromatic carbocycles. The molecule has 1 atom stereocenters. The Morgan fingerprint density at radius 3 is 3.04 bits per heavy atom. The van der Waals surface area contributed by atoms with E-state index in [0.29, 0.717) is 6.04 Å². The average Bonchev–Trinajstić information content (AvgIpc) is 3.20. The van der Waals surface area contributed by atoms with Gasteiger partial charge < -0.3 is 14.0 Å². The summed E-state index contributed by atoms with van der Waals surface area (Å²) in [7, 11) is 0. The lowest BCUT2D eigenvalue weighted by Crippen LogP contribution is -2.38. The first-order chi connectivity index (χ1) is 11.3. The van der Waals surface area contributed by atoms with Crippen molar-refractivity contribution in [1.29, 1.82) is 0 Å². The first kappa shape index (κ1) is 14.9. The van der Waals surface area contributed by atoms with Gasteiger partial charge in [-0.15, -0.1) is 0 Å². The lowest BCUT2D eigenvalue weighted by atomic mass is 10.0. The summed E-state index contributed by atoms with van der Waals surface area (Å²) < 4.78 is 16.5. The minimum absolute atomic E-state index is 0.287. The summed E-state index contributed by atoms with van der Waals surface area (Å²) in [5.74, 6) is 3.73. The second-order valence-corrected chi connectivity index (χ2v) is 6.94. The molecular formula is C17H20N2O3S. The Balaban J connectivity index is 1.64. The van der Waals surface area contributed by atoms with Crippen molar-refractivity contribution in [3.8, 4) is 22.8 Å². The fourth-order valence-corrected chi connectivity index (χ4v) is 3.92. The quantitative estimate of drug-likeness (QED) is 0.857. The van der Waals surface area contributed by atoms with Crippen molar-refractivity contribution in [2.45, 2.75) is 25.9 Å². The molecule has 1 unspecified atom stereocenters. The van der Waals surface area contributed by atoms with Crippen LogP contribution in [0.3, 0.4) is 0 Å². The molecule has 0 saturated heterocycles. The number of ether oxygens (including phenoxy) is 2. The topological polar surface area (TPSA) is 47.7 Å². The van der Waals surface area contributed by atoms with E-state index in [9.17, 15) is 0 Å². The molecule has 4 rings (SSSR count). The molecular weight excluding hydrogens is 312 g/mol. The minimum Gasteiger partial charge on any atom is -0.454 e. The largest absolute Gasteiger partial charge is 0.454 e. The monoisotopic (exact) mass is 332 g/mol. The van der Waals surface area contributed by atoms with Crippen LogP contribution in [-0.4, -0.2) is 41.4 Å². The van der Waals surface area contributed by atoms with Crippen molar-refractivity contribution < 1.29 is 14.0 Å². The molecule has 0 fully saturated rings. The Morgan fingerprint density at radius 2 is 2.17 bits per heavy atom. The van der Waals surface area contributed by atoms with Crippen molar-refractivity contribution in [2.75, 3.05) is 25.3 Å².